The van der Waals surface area contributed by atoms with Crippen LogP contribution in [0.3, 0.4) is 0 Å². The summed E-state index contributed by atoms with van der Waals surface area (Å²) in [6, 6.07) is 0. The van der Waals surface area contributed by atoms with Crippen LogP contribution in [0.25, 0.3) is 0 Å². The fourth-order valence-corrected chi connectivity index (χ4v) is 3.43. The van der Waals surface area contributed by atoms with Gasteiger partial charge in [0.2, 0.25) is 5.91 Å². The van der Waals surface area contributed by atoms with Crippen LogP contribution in [0, 0.1) is 19.8 Å². The average molecular weight is 267 g/mol. The molecule has 1 aliphatic rings. The Morgan fingerprint density at radius 3 is 2.44 bits per heavy atom. The quantitative estimate of drug-likeness (QED) is 0.883. The van der Waals surface area contributed by atoms with E-state index in [0.29, 0.717) is 5.00 Å². The van der Waals surface area contributed by atoms with Gasteiger partial charge in [-0.2, -0.15) is 0 Å². The van der Waals surface area contributed by atoms with Crippen LogP contribution in [0.4, 0.5) is 5.00 Å². The number of thiophene rings is 1. The third kappa shape index (κ3) is 2.41. The first kappa shape index (κ1) is 13.1. The van der Waals surface area contributed by atoms with Crippen molar-refractivity contribution in [1.82, 2.24) is 0 Å². The molecule has 1 aromatic heterocycles. The highest BCUT2D eigenvalue weighted by Crippen LogP contribution is 2.34. The molecule has 2 N–H and O–H groups in total. The first-order chi connectivity index (χ1) is 8.50. The summed E-state index contributed by atoms with van der Waals surface area (Å²) in [6.07, 6.45) is 4.01. The third-order valence-corrected chi connectivity index (χ3v) is 4.68. The lowest BCUT2D eigenvalue weighted by Crippen LogP contribution is -2.20. The highest BCUT2D eigenvalue weighted by Gasteiger charge is 2.26. The van der Waals surface area contributed by atoms with Crippen molar-refractivity contribution >= 4 is 28.2 Å². The highest BCUT2D eigenvalue weighted by atomic mass is 32.1. The van der Waals surface area contributed by atoms with Crippen molar-refractivity contribution in [2.45, 2.75) is 39.5 Å². The van der Waals surface area contributed by atoms with Crippen molar-refractivity contribution in [3.8, 4) is 0 Å². The molecule has 0 unspecified atom stereocenters. The number of nitrogens with one attached hydrogen (secondary N) is 1. The van der Waals surface area contributed by atoms with Crippen LogP contribution in [0.2, 0.25) is 0 Å². The van der Waals surface area contributed by atoms with E-state index in [1.165, 1.54) is 11.3 Å². The maximum atomic E-state index is 12.0. The molecule has 0 radical (unpaired) electrons. The summed E-state index contributed by atoms with van der Waals surface area (Å²) in [5.74, 6) is -0.954. The fraction of sp³-hybridized carbons (Fsp3) is 0.538. The smallest absolute Gasteiger partial charge is 0.338 e. The molecule has 1 saturated carbocycles. The van der Waals surface area contributed by atoms with Crippen LogP contribution in [-0.4, -0.2) is 17.0 Å². The van der Waals surface area contributed by atoms with Gasteiger partial charge in [-0.25, -0.2) is 4.79 Å². The number of hydrogen-bond acceptors (Lipinski definition) is 3. The van der Waals surface area contributed by atoms with Crippen molar-refractivity contribution in [3.63, 3.8) is 0 Å². The third-order valence-electron chi connectivity index (χ3n) is 3.56. The summed E-state index contributed by atoms with van der Waals surface area (Å²) in [5, 5.41) is 12.5. The monoisotopic (exact) mass is 267 g/mol. The van der Waals surface area contributed by atoms with Crippen LogP contribution >= 0.6 is 11.3 Å². The molecule has 1 heterocycles. The number of carbonyl (C=O) groups is 2. The number of carbonyl (C=O) groups excluding carboxylic acids is 1. The predicted octanol–water partition coefficient (Wildman–Crippen LogP) is 3.19. The summed E-state index contributed by atoms with van der Waals surface area (Å²) >= 11 is 1.34. The molecule has 0 saturated heterocycles. The molecule has 1 fully saturated rings. The lowest BCUT2D eigenvalue weighted by molar-refractivity contribution is -0.119. The second kappa shape index (κ2) is 5.10. The Kier molecular flexibility index (Phi) is 3.71. The minimum absolute atomic E-state index is 0.0312. The van der Waals surface area contributed by atoms with E-state index in [-0.39, 0.29) is 17.4 Å². The Balaban J connectivity index is 2.20. The average Bonchev–Trinajstić information content (AvgIpc) is 2.88. The van der Waals surface area contributed by atoms with E-state index in [0.717, 1.165) is 36.1 Å². The van der Waals surface area contributed by atoms with Gasteiger partial charge in [-0.05, 0) is 32.3 Å². The van der Waals surface area contributed by atoms with E-state index in [9.17, 15) is 14.7 Å². The summed E-state index contributed by atoms with van der Waals surface area (Å²) < 4.78 is 0. The Bertz CT molecular complexity index is 487. The molecule has 0 aromatic carbocycles. The first-order valence-corrected chi connectivity index (χ1v) is 6.96. The number of carboxylic acids is 1. The van der Waals surface area contributed by atoms with Gasteiger partial charge in [0.15, 0.2) is 0 Å². The molecule has 98 valence electrons. The molecule has 2 rings (SSSR count). The molecule has 1 aromatic rings. The highest BCUT2D eigenvalue weighted by molar-refractivity contribution is 7.16. The van der Waals surface area contributed by atoms with Crippen molar-refractivity contribution in [1.29, 1.82) is 0 Å². The van der Waals surface area contributed by atoms with Crippen LogP contribution < -0.4 is 5.32 Å². The Hall–Kier alpha value is -1.36. The molecular formula is C13H17NO3S. The largest absolute Gasteiger partial charge is 0.478 e. The van der Waals surface area contributed by atoms with Crippen LogP contribution in [0.1, 0.15) is 46.5 Å². The minimum Gasteiger partial charge on any atom is -0.478 e. The summed E-state index contributed by atoms with van der Waals surface area (Å²) in [7, 11) is 0. The molecule has 0 spiro atoms. The number of aromatic carboxylic acids is 1. The van der Waals surface area contributed by atoms with E-state index < -0.39 is 5.97 Å². The van der Waals surface area contributed by atoms with Crippen LogP contribution in [-0.2, 0) is 4.79 Å². The van der Waals surface area contributed by atoms with Crippen molar-refractivity contribution < 1.29 is 14.7 Å². The molecule has 5 heteroatoms. The Labute approximate surface area is 110 Å². The standard InChI is InChI=1S/C13H17NO3S/c1-7-8(2)18-12(10(7)13(16)17)14-11(15)9-5-3-4-6-9/h9H,3-6H2,1-2H3,(H,14,15)(H,16,17). The second-order valence-corrected chi connectivity index (χ2v) is 5.99. The number of hydrogen-bond donors (Lipinski definition) is 2. The van der Waals surface area contributed by atoms with Gasteiger partial charge < -0.3 is 10.4 Å². The molecular weight excluding hydrogens is 250 g/mol. The molecule has 0 atom stereocenters. The zero-order valence-corrected chi connectivity index (χ0v) is 11.4. The molecule has 1 aliphatic carbocycles. The van der Waals surface area contributed by atoms with E-state index in [1.807, 2.05) is 6.92 Å². The maximum absolute atomic E-state index is 12.0. The van der Waals surface area contributed by atoms with Gasteiger partial charge in [0.25, 0.3) is 0 Å². The van der Waals surface area contributed by atoms with E-state index in [1.54, 1.807) is 6.92 Å². The molecule has 0 aliphatic heterocycles. The number of anilines is 1. The summed E-state index contributed by atoms with van der Waals surface area (Å²) in [4.78, 5) is 24.2. The van der Waals surface area contributed by atoms with E-state index in [2.05, 4.69) is 5.32 Å². The van der Waals surface area contributed by atoms with Crippen molar-refractivity contribution in [2.24, 2.45) is 5.92 Å². The molecule has 0 bridgehead atoms. The maximum Gasteiger partial charge on any atom is 0.338 e. The van der Waals surface area contributed by atoms with Gasteiger partial charge in [0, 0.05) is 10.8 Å². The number of amides is 1. The fourth-order valence-electron chi connectivity index (χ4n) is 2.37. The lowest BCUT2D eigenvalue weighted by Gasteiger charge is -2.09. The van der Waals surface area contributed by atoms with E-state index >= 15 is 0 Å². The minimum atomic E-state index is -0.974. The first-order valence-electron chi connectivity index (χ1n) is 6.15. The summed E-state index contributed by atoms with van der Waals surface area (Å²) in [6.45, 7) is 3.65. The van der Waals surface area contributed by atoms with Gasteiger partial charge in [-0.15, -0.1) is 11.3 Å². The second-order valence-electron chi connectivity index (χ2n) is 4.76. The SMILES string of the molecule is Cc1sc(NC(=O)C2CCCC2)c(C(=O)O)c1C. The summed E-state index contributed by atoms with van der Waals surface area (Å²) in [5.41, 5.74) is 0.984. The zero-order valence-electron chi connectivity index (χ0n) is 10.6. The molecule has 1 amide bonds. The van der Waals surface area contributed by atoms with Gasteiger partial charge in [0.1, 0.15) is 5.00 Å². The lowest BCUT2D eigenvalue weighted by atomic mass is 10.1. The van der Waals surface area contributed by atoms with Crippen molar-refractivity contribution in [3.05, 3.63) is 16.0 Å². The van der Waals surface area contributed by atoms with Gasteiger partial charge in [-0.1, -0.05) is 12.8 Å². The van der Waals surface area contributed by atoms with Crippen LogP contribution in [0.5, 0.6) is 0 Å². The van der Waals surface area contributed by atoms with Gasteiger partial charge in [-0.3, -0.25) is 4.79 Å². The zero-order chi connectivity index (χ0) is 13.3. The number of aryl methyl sites for hydroxylation is 1. The normalized spacial score (nSPS) is 15.9. The van der Waals surface area contributed by atoms with Crippen molar-refractivity contribution in [2.75, 3.05) is 5.32 Å². The predicted molar refractivity (Wildman–Crippen MR) is 71.3 cm³/mol. The Morgan fingerprint density at radius 2 is 1.89 bits per heavy atom. The van der Waals surface area contributed by atoms with Gasteiger partial charge >= 0.3 is 5.97 Å². The number of rotatable bonds is 3. The Morgan fingerprint density at radius 1 is 1.28 bits per heavy atom. The van der Waals surface area contributed by atoms with Crippen LogP contribution in [0.15, 0.2) is 0 Å². The number of carboxylic acid groups (broad SMARTS) is 1. The van der Waals surface area contributed by atoms with E-state index in [4.69, 9.17) is 0 Å². The molecule has 4 nitrogen and oxygen atoms in total. The topological polar surface area (TPSA) is 66.4 Å². The van der Waals surface area contributed by atoms with Gasteiger partial charge in [0.05, 0.1) is 5.56 Å². The molecule has 18 heavy (non-hydrogen) atoms.